The average Bonchev–Trinajstić information content (AvgIpc) is 2.61. The zero-order valence-corrected chi connectivity index (χ0v) is 15.1. The largest absolute Gasteiger partial charge is 0.496 e. The van der Waals surface area contributed by atoms with Crippen LogP contribution in [0.1, 0.15) is 35.2 Å². The van der Waals surface area contributed by atoms with Gasteiger partial charge in [-0.15, -0.1) is 0 Å². The number of para-hydroxylation sites is 1. The van der Waals surface area contributed by atoms with Gasteiger partial charge >= 0.3 is 0 Å². The maximum atomic E-state index is 11.9. The van der Waals surface area contributed by atoms with E-state index in [0.717, 1.165) is 31.0 Å². The zero-order valence-electron chi connectivity index (χ0n) is 15.1. The van der Waals surface area contributed by atoms with E-state index in [9.17, 15) is 4.79 Å². The lowest BCUT2D eigenvalue weighted by Crippen LogP contribution is -2.41. The van der Waals surface area contributed by atoms with Gasteiger partial charge in [0.15, 0.2) is 0 Å². The van der Waals surface area contributed by atoms with Gasteiger partial charge in [-0.05, 0) is 31.0 Å². The Labute approximate surface area is 149 Å². The van der Waals surface area contributed by atoms with Crippen molar-refractivity contribution in [1.29, 1.82) is 0 Å². The molecule has 1 aliphatic carbocycles. The predicted octanol–water partition coefficient (Wildman–Crippen LogP) is 3.33. The van der Waals surface area contributed by atoms with Crippen molar-refractivity contribution >= 4 is 11.7 Å². The Balaban J connectivity index is 1.72. The summed E-state index contributed by atoms with van der Waals surface area (Å²) in [4.78, 5) is 17.9. The van der Waals surface area contributed by atoms with Crippen LogP contribution in [0.5, 0.6) is 5.75 Å². The molecule has 0 unspecified atom stereocenters. The summed E-state index contributed by atoms with van der Waals surface area (Å²) in [7, 11) is 5.20. The molecule has 0 bridgehead atoms. The molecule has 1 aromatic heterocycles. The van der Waals surface area contributed by atoms with Crippen LogP contribution in [-0.4, -0.2) is 43.5 Å². The second-order valence-corrected chi connectivity index (χ2v) is 6.82. The average molecular weight is 339 g/mol. The monoisotopic (exact) mass is 339 g/mol. The molecule has 0 saturated heterocycles. The first-order valence-corrected chi connectivity index (χ1v) is 8.61. The molecule has 1 saturated carbocycles. The Hall–Kier alpha value is -2.56. The third-order valence-corrected chi connectivity index (χ3v) is 5.01. The molecule has 3 rings (SSSR count). The minimum Gasteiger partial charge on any atom is -0.496 e. The molecular weight excluding hydrogens is 314 g/mol. The maximum absolute atomic E-state index is 11.9. The molecule has 1 aliphatic rings. The molecule has 1 aromatic carbocycles. The highest BCUT2D eigenvalue weighted by atomic mass is 16.5. The number of anilines is 1. The highest BCUT2D eigenvalue weighted by molar-refractivity contribution is 5.93. The van der Waals surface area contributed by atoms with Gasteiger partial charge in [0.05, 0.1) is 12.7 Å². The zero-order chi connectivity index (χ0) is 17.9. The number of nitrogens with one attached hydrogen (secondary N) is 1. The van der Waals surface area contributed by atoms with Crippen LogP contribution in [0, 0.1) is 0 Å². The normalized spacial score (nSPS) is 15.2. The first kappa shape index (κ1) is 17.3. The van der Waals surface area contributed by atoms with Crippen LogP contribution in [0.4, 0.5) is 5.82 Å². The van der Waals surface area contributed by atoms with Crippen molar-refractivity contribution in [3.05, 3.63) is 53.7 Å². The third kappa shape index (κ3) is 3.45. The van der Waals surface area contributed by atoms with Crippen LogP contribution in [-0.2, 0) is 5.41 Å². The summed E-state index contributed by atoms with van der Waals surface area (Å²) in [5.41, 5.74) is 1.95. The molecule has 0 atom stereocenters. The highest BCUT2D eigenvalue weighted by Gasteiger charge is 2.40. The predicted molar refractivity (Wildman–Crippen MR) is 99.3 cm³/mol. The van der Waals surface area contributed by atoms with Gasteiger partial charge in [-0.25, -0.2) is 4.98 Å². The van der Waals surface area contributed by atoms with Crippen LogP contribution < -0.4 is 10.1 Å². The second-order valence-electron chi connectivity index (χ2n) is 6.82. The van der Waals surface area contributed by atoms with E-state index < -0.39 is 0 Å². The van der Waals surface area contributed by atoms with Crippen molar-refractivity contribution in [3.8, 4) is 5.75 Å². The molecule has 5 heteroatoms. The maximum Gasteiger partial charge on any atom is 0.254 e. The molecule has 1 fully saturated rings. The standard InChI is InChI=1S/C20H25N3O2/c1-23(2)19(24)15-9-10-18(21-13-15)22-14-20(11-6-12-20)16-7-4-5-8-17(16)25-3/h4-5,7-10,13H,6,11-12,14H2,1-3H3,(H,21,22). The minimum absolute atomic E-state index is 0.0384. The van der Waals surface area contributed by atoms with Gasteiger partial charge in [-0.1, -0.05) is 24.6 Å². The fourth-order valence-electron chi connectivity index (χ4n) is 3.37. The number of aromatic nitrogens is 1. The van der Waals surface area contributed by atoms with Gasteiger partial charge in [0.25, 0.3) is 5.91 Å². The van der Waals surface area contributed by atoms with Crippen LogP contribution in [0.15, 0.2) is 42.6 Å². The minimum atomic E-state index is -0.0384. The molecule has 0 aliphatic heterocycles. The number of pyridine rings is 1. The van der Waals surface area contributed by atoms with Gasteiger partial charge in [-0.2, -0.15) is 0 Å². The lowest BCUT2D eigenvalue weighted by Gasteiger charge is -2.43. The number of amides is 1. The summed E-state index contributed by atoms with van der Waals surface area (Å²) in [6.07, 6.45) is 5.12. The summed E-state index contributed by atoms with van der Waals surface area (Å²) in [6.45, 7) is 0.807. The van der Waals surface area contributed by atoms with E-state index >= 15 is 0 Å². The van der Waals surface area contributed by atoms with E-state index in [0.29, 0.717) is 5.56 Å². The summed E-state index contributed by atoms with van der Waals surface area (Å²) < 4.78 is 5.56. The van der Waals surface area contributed by atoms with Crippen molar-refractivity contribution in [3.63, 3.8) is 0 Å². The van der Waals surface area contributed by atoms with Gasteiger partial charge in [0.1, 0.15) is 11.6 Å². The van der Waals surface area contributed by atoms with Crippen molar-refractivity contribution in [1.82, 2.24) is 9.88 Å². The van der Waals surface area contributed by atoms with E-state index in [2.05, 4.69) is 22.4 Å². The number of hydrogen-bond donors (Lipinski definition) is 1. The number of carbonyl (C=O) groups is 1. The molecule has 1 N–H and O–H groups in total. The fourth-order valence-corrected chi connectivity index (χ4v) is 3.37. The smallest absolute Gasteiger partial charge is 0.254 e. The summed E-state index contributed by atoms with van der Waals surface area (Å²) >= 11 is 0. The Morgan fingerprint density at radius 2 is 2.00 bits per heavy atom. The molecule has 132 valence electrons. The van der Waals surface area contributed by atoms with Crippen molar-refractivity contribution in [2.24, 2.45) is 0 Å². The molecule has 2 aromatic rings. The molecule has 5 nitrogen and oxygen atoms in total. The van der Waals surface area contributed by atoms with Gasteiger partial charge in [0, 0.05) is 37.8 Å². The summed E-state index contributed by atoms with van der Waals surface area (Å²) in [6, 6.07) is 11.9. The Morgan fingerprint density at radius 3 is 2.56 bits per heavy atom. The lowest BCUT2D eigenvalue weighted by atomic mass is 9.64. The number of methoxy groups -OCH3 is 1. The quantitative estimate of drug-likeness (QED) is 0.877. The fraction of sp³-hybridized carbons (Fsp3) is 0.400. The highest BCUT2D eigenvalue weighted by Crippen LogP contribution is 2.47. The Morgan fingerprint density at radius 1 is 1.24 bits per heavy atom. The molecule has 0 spiro atoms. The van der Waals surface area contributed by atoms with Crippen molar-refractivity contribution in [2.45, 2.75) is 24.7 Å². The van der Waals surface area contributed by atoms with E-state index in [4.69, 9.17) is 4.74 Å². The molecule has 0 radical (unpaired) electrons. The Bertz CT molecular complexity index is 737. The number of hydrogen-bond acceptors (Lipinski definition) is 4. The first-order valence-electron chi connectivity index (χ1n) is 8.61. The van der Waals surface area contributed by atoms with Crippen LogP contribution in [0.25, 0.3) is 0 Å². The second kappa shape index (κ2) is 7.13. The van der Waals surface area contributed by atoms with Crippen LogP contribution >= 0.6 is 0 Å². The van der Waals surface area contributed by atoms with E-state index in [-0.39, 0.29) is 11.3 Å². The van der Waals surface area contributed by atoms with Gasteiger partial charge in [-0.3, -0.25) is 4.79 Å². The lowest BCUT2D eigenvalue weighted by molar-refractivity contribution is 0.0827. The molecular formula is C20H25N3O2. The van der Waals surface area contributed by atoms with Crippen molar-refractivity contribution < 1.29 is 9.53 Å². The van der Waals surface area contributed by atoms with E-state index in [1.807, 2.05) is 24.3 Å². The topological polar surface area (TPSA) is 54.5 Å². The third-order valence-electron chi connectivity index (χ3n) is 5.01. The van der Waals surface area contributed by atoms with Crippen LogP contribution in [0.2, 0.25) is 0 Å². The van der Waals surface area contributed by atoms with E-state index in [1.165, 1.54) is 12.0 Å². The van der Waals surface area contributed by atoms with Crippen LogP contribution in [0.3, 0.4) is 0 Å². The SMILES string of the molecule is COc1ccccc1C1(CNc2ccc(C(=O)N(C)C)cn2)CCC1. The van der Waals surface area contributed by atoms with E-state index in [1.54, 1.807) is 32.3 Å². The number of ether oxygens (including phenoxy) is 1. The van der Waals surface area contributed by atoms with Crippen molar-refractivity contribution in [2.75, 3.05) is 33.1 Å². The molecule has 25 heavy (non-hydrogen) atoms. The number of carbonyl (C=O) groups excluding carboxylic acids is 1. The molecule has 1 heterocycles. The first-order chi connectivity index (χ1) is 12.1. The number of rotatable bonds is 6. The van der Waals surface area contributed by atoms with Gasteiger partial charge < -0.3 is 15.0 Å². The number of nitrogens with zero attached hydrogens (tertiary/aromatic N) is 2. The summed E-state index contributed by atoms with van der Waals surface area (Å²) in [5, 5.41) is 3.44. The van der Waals surface area contributed by atoms with Gasteiger partial charge in [0.2, 0.25) is 0 Å². The number of benzene rings is 1. The summed E-state index contributed by atoms with van der Waals surface area (Å²) in [5.74, 6) is 1.70. The molecule has 1 amide bonds. The Kier molecular flexibility index (Phi) is 4.93.